The van der Waals surface area contributed by atoms with E-state index in [1.165, 1.54) is 76.3 Å². The molecule has 1 aromatic rings. The molecule has 2 saturated carbocycles. The molecule has 27 heavy (non-hydrogen) atoms. The van der Waals surface area contributed by atoms with Crippen LogP contribution >= 0.6 is 0 Å². The minimum absolute atomic E-state index is 0.670. The second kappa shape index (κ2) is 8.62. The number of benzene rings is 1. The molecule has 2 heteroatoms. The van der Waals surface area contributed by atoms with Crippen LogP contribution in [0.25, 0.3) is 0 Å². The van der Waals surface area contributed by atoms with Crippen molar-refractivity contribution in [2.75, 3.05) is 0 Å². The van der Waals surface area contributed by atoms with Crippen LogP contribution in [0.3, 0.4) is 0 Å². The van der Waals surface area contributed by atoms with Gasteiger partial charge in [0.2, 0.25) is 0 Å². The lowest BCUT2D eigenvalue weighted by atomic mass is 9.65. The van der Waals surface area contributed by atoms with Crippen LogP contribution in [0, 0.1) is 41.2 Å². The summed E-state index contributed by atoms with van der Waals surface area (Å²) in [5, 5.41) is 0. The van der Waals surface area contributed by atoms with Crippen molar-refractivity contribution < 1.29 is 8.78 Å². The molecule has 0 radical (unpaired) electrons. The maximum absolute atomic E-state index is 13.6. The summed E-state index contributed by atoms with van der Waals surface area (Å²) in [7, 11) is 0. The van der Waals surface area contributed by atoms with E-state index in [1.807, 2.05) is 0 Å². The molecule has 0 bridgehead atoms. The summed E-state index contributed by atoms with van der Waals surface area (Å²) >= 11 is 0. The number of hydrogen-bond acceptors (Lipinski definition) is 0. The zero-order valence-corrected chi connectivity index (χ0v) is 17.0. The number of aryl methyl sites for hydroxylation is 1. The van der Waals surface area contributed by atoms with E-state index >= 15 is 0 Å². The van der Waals surface area contributed by atoms with Crippen LogP contribution in [0.1, 0.15) is 88.7 Å². The first kappa shape index (κ1) is 19.4. The fraction of sp³-hybridized carbons (Fsp3) is 0.760. The first-order valence-corrected chi connectivity index (χ1v) is 11.6. The average molecular weight is 375 g/mol. The van der Waals surface area contributed by atoms with E-state index in [2.05, 4.69) is 6.92 Å². The fourth-order valence-electron chi connectivity index (χ4n) is 6.62. The van der Waals surface area contributed by atoms with Crippen molar-refractivity contribution in [1.29, 1.82) is 0 Å². The van der Waals surface area contributed by atoms with E-state index in [0.717, 1.165) is 54.1 Å². The molecule has 0 spiro atoms. The van der Waals surface area contributed by atoms with E-state index in [-0.39, 0.29) is 0 Å². The van der Waals surface area contributed by atoms with Crippen molar-refractivity contribution in [2.45, 2.75) is 90.4 Å². The van der Waals surface area contributed by atoms with Gasteiger partial charge in [0.05, 0.1) is 0 Å². The molecule has 1 atom stereocenters. The van der Waals surface area contributed by atoms with Gasteiger partial charge < -0.3 is 0 Å². The van der Waals surface area contributed by atoms with Gasteiger partial charge in [0.15, 0.2) is 11.6 Å². The van der Waals surface area contributed by atoms with Gasteiger partial charge in [-0.25, -0.2) is 8.78 Å². The van der Waals surface area contributed by atoms with Crippen molar-refractivity contribution in [2.24, 2.45) is 29.6 Å². The van der Waals surface area contributed by atoms with Gasteiger partial charge in [-0.3, -0.25) is 0 Å². The minimum Gasteiger partial charge on any atom is -0.204 e. The predicted octanol–water partition coefficient (Wildman–Crippen LogP) is 7.48. The Morgan fingerprint density at radius 3 is 1.81 bits per heavy atom. The highest BCUT2D eigenvalue weighted by molar-refractivity contribution is 5.31. The zero-order valence-electron chi connectivity index (χ0n) is 17.0. The Bertz CT molecular complexity index is 621. The summed E-state index contributed by atoms with van der Waals surface area (Å²) in [6, 6.07) is 2.91. The Labute approximate surface area is 164 Å². The molecule has 0 saturated heterocycles. The summed E-state index contributed by atoms with van der Waals surface area (Å²) < 4.78 is 27.1. The zero-order chi connectivity index (χ0) is 18.8. The summed E-state index contributed by atoms with van der Waals surface area (Å²) in [4.78, 5) is 0. The van der Waals surface area contributed by atoms with Crippen molar-refractivity contribution in [1.82, 2.24) is 0 Å². The molecule has 0 nitrogen and oxygen atoms in total. The van der Waals surface area contributed by atoms with Gasteiger partial charge in [0.25, 0.3) is 0 Å². The lowest BCUT2D eigenvalue weighted by Gasteiger charge is -2.41. The lowest BCUT2D eigenvalue weighted by molar-refractivity contribution is 0.119. The average Bonchev–Trinajstić information content (AvgIpc) is 2.70. The van der Waals surface area contributed by atoms with Gasteiger partial charge in [0.1, 0.15) is 0 Å². The van der Waals surface area contributed by atoms with Crippen LogP contribution in [0.2, 0.25) is 0 Å². The van der Waals surface area contributed by atoms with Gasteiger partial charge in [-0.05, 0) is 111 Å². The number of rotatable bonds is 4. The molecule has 2 fully saturated rings. The Morgan fingerprint density at radius 2 is 1.22 bits per heavy atom. The van der Waals surface area contributed by atoms with E-state index < -0.39 is 11.6 Å². The molecular weight excluding hydrogens is 338 g/mol. The number of fused-ring (bicyclic) bond motifs is 1. The highest BCUT2D eigenvalue weighted by Gasteiger charge is 2.34. The molecule has 150 valence electrons. The molecule has 0 N–H and O–H groups in total. The Kier molecular flexibility index (Phi) is 6.19. The van der Waals surface area contributed by atoms with E-state index in [9.17, 15) is 8.78 Å². The third kappa shape index (κ3) is 4.40. The Hall–Kier alpha value is -0.920. The Morgan fingerprint density at radius 1 is 0.704 bits per heavy atom. The second-order valence-electron chi connectivity index (χ2n) is 9.78. The lowest BCUT2D eigenvalue weighted by Crippen LogP contribution is -2.30. The number of hydrogen-bond donors (Lipinski definition) is 0. The fourth-order valence-corrected chi connectivity index (χ4v) is 6.62. The van der Waals surface area contributed by atoms with Crippen LogP contribution in [0.4, 0.5) is 8.78 Å². The van der Waals surface area contributed by atoms with Crippen molar-refractivity contribution >= 4 is 0 Å². The summed E-state index contributed by atoms with van der Waals surface area (Å²) in [6.07, 6.45) is 17.3. The normalized spacial score (nSPS) is 34.3. The standard InChI is InChI=1S/C25H36F2/c1-2-3-17-4-6-18(7-5-17)19-8-10-20(11-9-19)21-12-13-22-15-24(26)25(27)16-23(22)14-21/h15-21H,2-14H2,1H3. The molecule has 0 aliphatic heterocycles. The monoisotopic (exact) mass is 374 g/mol. The van der Waals surface area contributed by atoms with Crippen LogP contribution < -0.4 is 0 Å². The third-order valence-electron chi connectivity index (χ3n) is 8.25. The molecule has 0 amide bonds. The maximum Gasteiger partial charge on any atom is 0.159 e. The Balaban J connectivity index is 1.28. The van der Waals surface area contributed by atoms with Crippen LogP contribution in [-0.2, 0) is 12.8 Å². The second-order valence-corrected chi connectivity index (χ2v) is 9.78. The van der Waals surface area contributed by atoms with Crippen molar-refractivity contribution in [3.8, 4) is 0 Å². The van der Waals surface area contributed by atoms with Gasteiger partial charge in [-0.15, -0.1) is 0 Å². The summed E-state index contributed by atoms with van der Waals surface area (Å²) in [5.74, 6) is 3.10. The van der Waals surface area contributed by atoms with Crippen LogP contribution in [0.15, 0.2) is 12.1 Å². The van der Waals surface area contributed by atoms with Crippen molar-refractivity contribution in [3.05, 3.63) is 34.9 Å². The first-order valence-electron chi connectivity index (χ1n) is 11.6. The summed E-state index contributed by atoms with van der Waals surface area (Å²) in [5.41, 5.74) is 2.11. The quantitative estimate of drug-likeness (QED) is 0.512. The third-order valence-corrected chi connectivity index (χ3v) is 8.25. The van der Waals surface area contributed by atoms with Gasteiger partial charge in [-0.1, -0.05) is 32.6 Å². The van der Waals surface area contributed by atoms with E-state index in [4.69, 9.17) is 0 Å². The predicted molar refractivity (Wildman–Crippen MR) is 108 cm³/mol. The van der Waals surface area contributed by atoms with E-state index in [0.29, 0.717) is 5.92 Å². The largest absolute Gasteiger partial charge is 0.204 e. The number of halogens is 2. The first-order chi connectivity index (χ1) is 13.1. The summed E-state index contributed by atoms with van der Waals surface area (Å²) in [6.45, 7) is 2.32. The molecule has 0 aromatic heterocycles. The van der Waals surface area contributed by atoms with E-state index in [1.54, 1.807) is 0 Å². The molecule has 4 rings (SSSR count). The highest BCUT2D eigenvalue weighted by Crippen LogP contribution is 2.45. The van der Waals surface area contributed by atoms with Crippen LogP contribution in [-0.4, -0.2) is 0 Å². The SMILES string of the molecule is CCCC1CCC(C2CCC(C3CCc4cc(F)c(F)cc4C3)CC2)CC1. The smallest absolute Gasteiger partial charge is 0.159 e. The molecule has 3 aliphatic carbocycles. The topological polar surface area (TPSA) is 0 Å². The molecule has 0 heterocycles. The molecule has 1 aromatic carbocycles. The van der Waals surface area contributed by atoms with Gasteiger partial charge in [0, 0.05) is 0 Å². The minimum atomic E-state index is -0.679. The van der Waals surface area contributed by atoms with Gasteiger partial charge >= 0.3 is 0 Å². The molecule has 3 aliphatic rings. The maximum atomic E-state index is 13.6. The molecular formula is C25H36F2. The molecule has 1 unspecified atom stereocenters. The van der Waals surface area contributed by atoms with Crippen molar-refractivity contribution in [3.63, 3.8) is 0 Å². The van der Waals surface area contributed by atoms with Crippen LogP contribution in [0.5, 0.6) is 0 Å². The highest BCUT2D eigenvalue weighted by atomic mass is 19.2. The van der Waals surface area contributed by atoms with Gasteiger partial charge in [-0.2, -0.15) is 0 Å².